The number of nitrogens with two attached hydrogens (primary N) is 1. The summed E-state index contributed by atoms with van der Waals surface area (Å²) in [5.41, 5.74) is 6.96. The van der Waals surface area contributed by atoms with Crippen LogP contribution in [0.15, 0.2) is 120 Å². The Bertz CT molecular complexity index is 3360. The molecule has 0 aliphatic carbocycles. The summed E-state index contributed by atoms with van der Waals surface area (Å²) in [5, 5.41) is 32.8. The van der Waals surface area contributed by atoms with Gasteiger partial charge in [-0.1, -0.05) is 6.07 Å². The fourth-order valence-electron chi connectivity index (χ4n) is 6.06. The minimum atomic E-state index is -4.99. The summed E-state index contributed by atoms with van der Waals surface area (Å²) in [7, 11) is -18.5. The molecule has 1 heterocycles. The molecule has 24 nitrogen and oxygen atoms in total. The maximum absolute atomic E-state index is 12.6. The van der Waals surface area contributed by atoms with E-state index < -0.39 is 68.4 Å². The van der Waals surface area contributed by atoms with Crippen molar-refractivity contribution in [2.24, 2.45) is 20.5 Å². The molecule has 0 atom stereocenters. The van der Waals surface area contributed by atoms with Gasteiger partial charge in [-0.3, -0.25) is 13.7 Å². The molecule has 0 fully saturated rings. The Labute approximate surface area is 381 Å². The number of fused-ring (bicyclic) bond motifs is 1. The molecule has 8 N–H and O–H groups in total. The highest BCUT2D eigenvalue weighted by atomic mass is 35.5. The molecule has 29 heteroatoms. The third kappa shape index (κ3) is 12.2. The zero-order valence-electron chi connectivity index (χ0n) is 34.0. The van der Waals surface area contributed by atoms with E-state index in [9.17, 15) is 47.9 Å². The number of azo groups is 2. The number of anilines is 6. The molecule has 0 radical (unpaired) electrons. The zero-order chi connectivity index (χ0) is 48.2. The van der Waals surface area contributed by atoms with Crippen LogP contribution < -0.4 is 21.3 Å². The number of nitrogen functional groups attached to an aromatic ring is 1. The molecule has 1 aromatic heterocycles. The molecule has 0 aliphatic rings. The Kier molecular flexibility index (Phi) is 14.5. The van der Waals surface area contributed by atoms with Crippen molar-refractivity contribution in [1.82, 2.24) is 15.0 Å². The first-order valence-electron chi connectivity index (χ1n) is 18.7. The van der Waals surface area contributed by atoms with Crippen molar-refractivity contribution < 1.29 is 56.6 Å². The maximum Gasteiger partial charge on any atom is 0.397 e. The molecule has 0 amide bonds. The van der Waals surface area contributed by atoms with Gasteiger partial charge in [0, 0.05) is 30.5 Å². The van der Waals surface area contributed by atoms with Gasteiger partial charge >= 0.3 is 10.4 Å². The van der Waals surface area contributed by atoms with Gasteiger partial charge in [0.2, 0.25) is 17.2 Å². The highest BCUT2D eigenvalue weighted by Crippen LogP contribution is 2.41. The number of nitrogens with zero attached hydrogens (tertiary/aromatic N) is 8. The van der Waals surface area contributed by atoms with Gasteiger partial charge in [-0.05, 0) is 104 Å². The van der Waals surface area contributed by atoms with Crippen molar-refractivity contribution >= 4 is 120 Å². The number of phenolic OH excluding ortho intramolecular Hbond substituents is 1. The molecule has 0 saturated carbocycles. The molecule has 0 bridgehead atoms. The van der Waals surface area contributed by atoms with Crippen LogP contribution >= 0.6 is 11.6 Å². The average molecular weight is 1010 g/mol. The Morgan fingerprint density at radius 1 is 0.712 bits per heavy atom. The minimum absolute atomic E-state index is 0.0447. The standard InChI is InChI=1S/C37H36ClN11O13S4/c1-3-49(4-2)24-9-14-28(30(19-24)41-37-43-35(38)42-36(44-37)40-22-6-10-25(11-7-22)63(51,52)16-15-62-66(59,60)61)46-45-23-8-13-29(32(18-23)65(56,57)58)47-48-34-27(39)12-5-21-17-26(64(53,54)55)20-31(50)33(21)34/h5-14,17-20,50H,3-4,15-16,39H2,1-2H3,(H,53,54,55)(H,56,57,58)(H,59,60,61)(H2,40,41,42,43,44)/b46-45+,48-47+. The van der Waals surface area contributed by atoms with E-state index >= 15 is 0 Å². The average Bonchev–Trinajstić information content (AvgIpc) is 3.22. The van der Waals surface area contributed by atoms with Crippen LogP contribution in [-0.4, -0.2) is 92.8 Å². The summed E-state index contributed by atoms with van der Waals surface area (Å²) in [6.45, 7) is 4.37. The normalized spacial score (nSPS) is 12.6. The zero-order valence-corrected chi connectivity index (χ0v) is 38.1. The molecule has 5 aromatic carbocycles. The van der Waals surface area contributed by atoms with Gasteiger partial charge in [0.15, 0.2) is 9.84 Å². The summed E-state index contributed by atoms with van der Waals surface area (Å²) >= 11 is 6.26. The molecular weight excluding hydrogens is 970 g/mol. The van der Waals surface area contributed by atoms with Crippen LogP contribution in [0.4, 0.5) is 57.4 Å². The summed E-state index contributed by atoms with van der Waals surface area (Å²) in [6.07, 6.45) is 0. The first kappa shape index (κ1) is 48.9. The molecule has 0 unspecified atom stereocenters. The number of halogens is 1. The van der Waals surface area contributed by atoms with Crippen molar-refractivity contribution in [3.8, 4) is 5.75 Å². The third-order valence-electron chi connectivity index (χ3n) is 9.14. The topological polar surface area (TPSA) is 368 Å². The first-order chi connectivity index (χ1) is 30.9. The molecule has 0 spiro atoms. The van der Waals surface area contributed by atoms with Gasteiger partial charge < -0.3 is 26.4 Å². The highest BCUT2D eigenvalue weighted by molar-refractivity contribution is 7.91. The summed E-state index contributed by atoms with van der Waals surface area (Å²) in [6, 6.07) is 18.3. The van der Waals surface area contributed by atoms with Crippen molar-refractivity contribution in [2.45, 2.75) is 28.5 Å². The maximum atomic E-state index is 12.6. The predicted octanol–water partition coefficient (Wildman–Crippen LogP) is 7.22. The van der Waals surface area contributed by atoms with Crippen LogP contribution in [0.5, 0.6) is 5.75 Å². The van der Waals surface area contributed by atoms with Crippen LogP contribution in [0, 0.1) is 0 Å². The van der Waals surface area contributed by atoms with E-state index in [0.717, 1.165) is 30.0 Å². The van der Waals surface area contributed by atoms with E-state index in [1.807, 2.05) is 18.7 Å². The van der Waals surface area contributed by atoms with Gasteiger partial charge in [-0.25, -0.2) is 12.6 Å². The predicted molar refractivity (Wildman–Crippen MR) is 242 cm³/mol. The van der Waals surface area contributed by atoms with E-state index in [4.69, 9.17) is 21.9 Å². The Balaban J connectivity index is 1.29. The summed E-state index contributed by atoms with van der Waals surface area (Å²) < 4.78 is 128. The summed E-state index contributed by atoms with van der Waals surface area (Å²) in [5.74, 6) is -1.51. The van der Waals surface area contributed by atoms with E-state index in [2.05, 4.69) is 50.2 Å². The molecule has 0 saturated heterocycles. The van der Waals surface area contributed by atoms with E-state index in [0.29, 0.717) is 24.5 Å². The second kappa shape index (κ2) is 19.5. The number of hydrogen-bond acceptors (Lipinski definition) is 21. The summed E-state index contributed by atoms with van der Waals surface area (Å²) in [4.78, 5) is 13.1. The molecule has 348 valence electrons. The molecule has 6 rings (SSSR count). The Morgan fingerprint density at radius 3 is 2.00 bits per heavy atom. The van der Waals surface area contributed by atoms with Gasteiger partial charge in [0.1, 0.15) is 27.7 Å². The van der Waals surface area contributed by atoms with E-state index in [1.54, 1.807) is 18.2 Å². The number of hydrogen-bond donors (Lipinski definition) is 7. The number of phenols is 1. The lowest BCUT2D eigenvalue weighted by atomic mass is 10.1. The monoisotopic (exact) mass is 1010 g/mol. The molecular formula is C37H36ClN11O13S4. The van der Waals surface area contributed by atoms with Gasteiger partial charge in [0.25, 0.3) is 20.2 Å². The van der Waals surface area contributed by atoms with Crippen molar-refractivity contribution in [3.63, 3.8) is 0 Å². The molecule has 0 aliphatic heterocycles. The SMILES string of the molecule is CCN(CC)c1ccc(/N=N/c2ccc(/N=N/c3c(N)ccc4cc(S(=O)(=O)O)cc(O)c34)c(S(=O)(=O)O)c2)c(Nc2nc(Cl)nc(Nc3ccc(S(=O)(=O)CCOS(=O)(=O)O)cc3)n2)c1. The van der Waals surface area contributed by atoms with Gasteiger partial charge in [-0.2, -0.15) is 45.3 Å². The van der Waals surface area contributed by atoms with E-state index in [-0.39, 0.29) is 61.3 Å². The number of sulfone groups is 1. The second-order valence-corrected chi connectivity index (χ2v) is 19.9. The number of aromatic hydroxyl groups is 1. The largest absolute Gasteiger partial charge is 0.507 e. The van der Waals surface area contributed by atoms with Crippen LogP contribution in [0.1, 0.15) is 13.8 Å². The lowest BCUT2D eigenvalue weighted by molar-refractivity contribution is 0.284. The highest BCUT2D eigenvalue weighted by Gasteiger charge is 2.21. The van der Waals surface area contributed by atoms with Crippen LogP contribution in [0.3, 0.4) is 0 Å². The molecule has 66 heavy (non-hydrogen) atoms. The van der Waals surface area contributed by atoms with Crippen LogP contribution in [0.25, 0.3) is 10.8 Å². The van der Waals surface area contributed by atoms with Gasteiger partial charge in [0.05, 0.1) is 44.6 Å². The second-order valence-electron chi connectivity index (χ2n) is 13.5. The number of nitrogens with one attached hydrogen (secondary N) is 2. The lowest BCUT2D eigenvalue weighted by Crippen LogP contribution is -2.21. The van der Waals surface area contributed by atoms with Crippen molar-refractivity contribution in [1.29, 1.82) is 0 Å². The van der Waals surface area contributed by atoms with Crippen molar-refractivity contribution in [3.05, 3.63) is 90.2 Å². The third-order valence-corrected chi connectivity index (χ3v) is 13.2. The Hall–Kier alpha value is -6.50. The van der Waals surface area contributed by atoms with Crippen LogP contribution in [0.2, 0.25) is 5.28 Å². The van der Waals surface area contributed by atoms with Crippen molar-refractivity contribution in [2.75, 3.05) is 46.7 Å². The van der Waals surface area contributed by atoms with E-state index in [1.165, 1.54) is 42.5 Å². The number of benzene rings is 5. The fraction of sp³-hybridized carbons (Fsp3) is 0.162. The first-order valence-corrected chi connectivity index (χ1v) is 25.0. The molecule has 6 aromatic rings. The van der Waals surface area contributed by atoms with Crippen LogP contribution in [-0.2, 0) is 44.7 Å². The minimum Gasteiger partial charge on any atom is -0.507 e. The number of aromatic nitrogens is 3. The fourth-order valence-corrected chi connectivity index (χ4v) is 8.89. The smallest absolute Gasteiger partial charge is 0.397 e. The quantitative estimate of drug-likeness (QED) is 0.0254. The van der Waals surface area contributed by atoms with Gasteiger partial charge in [-0.15, -0.1) is 15.3 Å². The lowest BCUT2D eigenvalue weighted by Gasteiger charge is -2.22. The Morgan fingerprint density at radius 2 is 1.36 bits per heavy atom. The number of rotatable bonds is 18.